The number of nitrogens with zero attached hydrogens (tertiary/aromatic N) is 1. The van der Waals surface area contributed by atoms with Gasteiger partial charge in [-0.25, -0.2) is 4.39 Å². The summed E-state index contributed by atoms with van der Waals surface area (Å²) in [5.41, 5.74) is 1.45. The summed E-state index contributed by atoms with van der Waals surface area (Å²) in [7, 11) is 0. The molecule has 0 aromatic heterocycles. The molecule has 0 atom stereocenters. The number of aldehydes is 1. The second kappa shape index (κ2) is 5.32. The van der Waals surface area contributed by atoms with Crippen molar-refractivity contribution in [1.82, 2.24) is 0 Å². The molecule has 3 nitrogen and oxygen atoms in total. The van der Waals surface area contributed by atoms with Crippen molar-refractivity contribution in [2.45, 2.75) is 6.92 Å². The average molecular weight is 255 g/mol. The van der Waals surface area contributed by atoms with Crippen molar-refractivity contribution in [1.29, 1.82) is 5.26 Å². The molecule has 0 heterocycles. The molecule has 0 aliphatic heterocycles. The second-order valence-electron chi connectivity index (χ2n) is 3.99. The summed E-state index contributed by atoms with van der Waals surface area (Å²) in [5, 5.41) is 8.91. The van der Waals surface area contributed by atoms with Gasteiger partial charge in [-0.1, -0.05) is 6.07 Å². The van der Waals surface area contributed by atoms with Crippen LogP contribution in [0.25, 0.3) is 0 Å². The van der Waals surface area contributed by atoms with Gasteiger partial charge in [-0.05, 0) is 42.8 Å². The molecule has 2 aromatic carbocycles. The van der Waals surface area contributed by atoms with Crippen molar-refractivity contribution < 1.29 is 13.9 Å². The van der Waals surface area contributed by atoms with E-state index in [4.69, 9.17) is 10.00 Å². The third-order valence-corrected chi connectivity index (χ3v) is 2.67. The molecule has 0 saturated carbocycles. The van der Waals surface area contributed by atoms with Crippen molar-refractivity contribution in [3.63, 3.8) is 0 Å². The molecule has 0 N–H and O–H groups in total. The Balaban J connectivity index is 2.36. The first kappa shape index (κ1) is 12.8. The number of ether oxygens (including phenoxy) is 1. The van der Waals surface area contributed by atoms with Gasteiger partial charge in [0.05, 0.1) is 5.56 Å². The quantitative estimate of drug-likeness (QED) is 0.787. The molecule has 0 bridgehead atoms. The van der Waals surface area contributed by atoms with Crippen LogP contribution in [0.1, 0.15) is 21.5 Å². The lowest BCUT2D eigenvalue weighted by Crippen LogP contribution is -1.92. The predicted molar refractivity (Wildman–Crippen MR) is 67.8 cm³/mol. The highest BCUT2D eigenvalue weighted by Crippen LogP contribution is 2.26. The molecule has 0 spiro atoms. The van der Waals surface area contributed by atoms with Crippen LogP contribution in [0.3, 0.4) is 0 Å². The first-order valence-corrected chi connectivity index (χ1v) is 5.57. The minimum absolute atomic E-state index is 0.105. The Kier molecular flexibility index (Phi) is 3.58. The van der Waals surface area contributed by atoms with E-state index in [1.54, 1.807) is 18.2 Å². The Labute approximate surface area is 109 Å². The number of hydrogen-bond donors (Lipinski definition) is 0. The summed E-state index contributed by atoms with van der Waals surface area (Å²) in [6.07, 6.45) is 0.734. The first-order chi connectivity index (χ1) is 9.13. The fraction of sp³-hybridized carbons (Fsp3) is 0.0667. The normalized spacial score (nSPS) is 9.74. The Morgan fingerprint density at radius 2 is 2.05 bits per heavy atom. The van der Waals surface area contributed by atoms with E-state index in [2.05, 4.69) is 0 Å². The van der Waals surface area contributed by atoms with Crippen molar-refractivity contribution in [3.8, 4) is 17.6 Å². The summed E-state index contributed by atoms with van der Waals surface area (Å²) >= 11 is 0. The van der Waals surface area contributed by atoms with Gasteiger partial charge in [0.2, 0.25) is 0 Å². The summed E-state index contributed by atoms with van der Waals surface area (Å²) in [6, 6.07) is 10.6. The van der Waals surface area contributed by atoms with Crippen LogP contribution in [-0.4, -0.2) is 6.29 Å². The van der Waals surface area contributed by atoms with Gasteiger partial charge < -0.3 is 4.74 Å². The molecule has 0 saturated heterocycles. The van der Waals surface area contributed by atoms with Crippen LogP contribution in [0.2, 0.25) is 0 Å². The molecule has 2 aromatic rings. The molecule has 0 aliphatic carbocycles. The van der Waals surface area contributed by atoms with E-state index in [-0.39, 0.29) is 11.3 Å². The zero-order valence-electron chi connectivity index (χ0n) is 10.2. The predicted octanol–water partition coefficient (Wildman–Crippen LogP) is 3.61. The SMILES string of the molecule is Cc1ccc(Oc2ccc(F)cc2C#N)cc1C=O. The highest BCUT2D eigenvalue weighted by Gasteiger charge is 2.07. The molecule has 0 radical (unpaired) electrons. The Morgan fingerprint density at radius 3 is 2.74 bits per heavy atom. The van der Waals surface area contributed by atoms with Crippen LogP contribution in [-0.2, 0) is 0 Å². The summed E-state index contributed by atoms with van der Waals surface area (Å²) in [4.78, 5) is 10.8. The van der Waals surface area contributed by atoms with Crippen LogP contribution >= 0.6 is 0 Å². The Hall–Kier alpha value is -2.67. The van der Waals surface area contributed by atoms with Gasteiger partial charge in [-0.3, -0.25) is 4.79 Å². The van der Waals surface area contributed by atoms with Gasteiger partial charge in [0.1, 0.15) is 29.7 Å². The molecule has 0 unspecified atom stereocenters. The van der Waals surface area contributed by atoms with E-state index < -0.39 is 5.82 Å². The van der Waals surface area contributed by atoms with Crippen molar-refractivity contribution in [3.05, 3.63) is 58.9 Å². The molecule has 0 fully saturated rings. The van der Waals surface area contributed by atoms with Crippen molar-refractivity contribution in [2.75, 3.05) is 0 Å². The van der Waals surface area contributed by atoms with Crippen molar-refractivity contribution >= 4 is 6.29 Å². The van der Waals surface area contributed by atoms with Crippen LogP contribution in [0.5, 0.6) is 11.5 Å². The summed E-state index contributed by atoms with van der Waals surface area (Å²) < 4.78 is 18.5. The molecular weight excluding hydrogens is 245 g/mol. The van der Waals surface area contributed by atoms with Gasteiger partial charge >= 0.3 is 0 Å². The molecule has 4 heteroatoms. The molecule has 0 amide bonds. The fourth-order valence-corrected chi connectivity index (χ4v) is 1.61. The molecule has 19 heavy (non-hydrogen) atoms. The number of nitriles is 1. The summed E-state index contributed by atoms with van der Waals surface area (Å²) in [5.74, 6) is 0.182. The number of aryl methyl sites for hydroxylation is 1. The van der Waals surface area contributed by atoms with Crippen LogP contribution < -0.4 is 4.74 Å². The standard InChI is InChI=1S/C15H10FNO2/c1-10-2-4-14(7-12(10)9-18)19-15-5-3-13(16)6-11(15)8-17/h2-7,9H,1H3. The number of carbonyl (C=O) groups is 1. The van der Waals surface area contributed by atoms with Gasteiger partial charge in [0.15, 0.2) is 0 Å². The van der Waals surface area contributed by atoms with E-state index in [1.165, 1.54) is 12.1 Å². The molecular formula is C15H10FNO2. The Bertz CT molecular complexity index is 674. The van der Waals surface area contributed by atoms with Crippen LogP contribution in [0, 0.1) is 24.1 Å². The van der Waals surface area contributed by atoms with Crippen LogP contribution in [0.15, 0.2) is 36.4 Å². The maximum absolute atomic E-state index is 13.0. The third-order valence-electron chi connectivity index (χ3n) is 2.67. The fourth-order valence-electron chi connectivity index (χ4n) is 1.61. The highest BCUT2D eigenvalue weighted by atomic mass is 19.1. The van der Waals surface area contributed by atoms with Crippen LogP contribution in [0.4, 0.5) is 4.39 Å². The number of rotatable bonds is 3. The lowest BCUT2D eigenvalue weighted by molar-refractivity contribution is 0.112. The molecule has 2 rings (SSSR count). The third kappa shape index (κ3) is 2.78. The average Bonchev–Trinajstić information content (AvgIpc) is 2.42. The minimum Gasteiger partial charge on any atom is -0.456 e. The maximum Gasteiger partial charge on any atom is 0.150 e. The van der Waals surface area contributed by atoms with E-state index in [9.17, 15) is 9.18 Å². The monoisotopic (exact) mass is 255 g/mol. The number of benzene rings is 2. The largest absolute Gasteiger partial charge is 0.456 e. The minimum atomic E-state index is -0.499. The highest BCUT2D eigenvalue weighted by molar-refractivity contribution is 5.78. The topological polar surface area (TPSA) is 50.1 Å². The smallest absolute Gasteiger partial charge is 0.150 e. The zero-order chi connectivity index (χ0) is 13.8. The Morgan fingerprint density at radius 1 is 1.26 bits per heavy atom. The van der Waals surface area contributed by atoms with Gasteiger partial charge in [0.25, 0.3) is 0 Å². The first-order valence-electron chi connectivity index (χ1n) is 5.57. The second-order valence-corrected chi connectivity index (χ2v) is 3.99. The van der Waals surface area contributed by atoms with E-state index in [1.807, 2.05) is 13.0 Å². The number of hydrogen-bond acceptors (Lipinski definition) is 3. The number of carbonyl (C=O) groups excluding carboxylic acids is 1. The van der Waals surface area contributed by atoms with Gasteiger partial charge in [-0.15, -0.1) is 0 Å². The number of halogens is 1. The van der Waals surface area contributed by atoms with Gasteiger partial charge in [0, 0.05) is 5.56 Å². The van der Waals surface area contributed by atoms with E-state index in [0.717, 1.165) is 17.9 Å². The molecule has 0 aliphatic rings. The van der Waals surface area contributed by atoms with Crippen molar-refractivity contribution in [2.24, 2.45) is 0 Å². The molecule has 94 valence electrons. The zero-order valence-corrected chi connectivity index (χ0v) is 10.2. The van der Waals surface area contributed by atoms with Gasteiger partial charge in [-0.2, -0.15) is 5.26 Å². The summed E-state index contributed by atoms with van der Waals surface area (Å²) in [6.45, 7) is 1.81. The lowest BCUT2D eigenvalue weighted by atomic mass is 10.1. The van der Waals surface area contributed by atoms with E-state index in [0.29, 0.717) is 11.3 Å². The van der Waals surface area contributed by atoms with E-state index >= 15 is 0 Å². The lowest BCUT2D eigenvalue weighted by Gasteiger charge is -2.08. The maximum atomic E-state index is 13.0.